The second-order valence-corrected chi connectivity index (χ2v) is 12.0. The molecule has 0 spiro atoms. The van der Waals surface area contributed by atoms with Crippen molar-refractivity contribution in [1.82, 2.24) is 5.32 Å². The molecule has 0 unspecified atom stereocenters. The largest absolute Gasteiger partial charge is 0.414 e. The summed E-state index contributed by atoms with van der Waals surface area (Å²) in [5, 5.41) is 3.00. The number of nitrogens with one attached hydrogen (secondary N) is 1. The van der Waals surface area contributed by atoms with Gasteiger partial charge in [0.05, 0.1) is 12.6 Å². The van der Waals surface area contributed by atoms with Crippen LogP contribution in [-0.2, 0) is 18.7 Å². The molecule has 1 heterocycles. The van der Waals surface area contributed by atoms with Gasteiger partial charge >= 0.3 is 0 Å². The van der Waals surface area contributed by atoms with Crippen molar-refractivity contribution in [2.45, 2.75) is 71.2 Å². The van der Waals surface area contributed by atoms with Gasteiger partial charge in [0.2, 0.25) is 5.91 Å². The molecule has 1 rings (SSSR count). The van der Waals surface area contributed by atoms with Crippen LogP contribution in [0, 0.1) is 0 Å². The first-order chi connectivity index (χ1) is 10.1. The lowest BCUT2D eigenvalue weighted by Gasteiger charge is -2.38. The smallest absolute Gasteiger partial charge is 0.217 e. The maximum Gasteiger partial charge on any atom is 0.217 e. The number of amides is 1. The predicted molar refractivity (Wildman–Crippen MR) is 90.2 cm³/mol. The Hall–Kier alpha value is -0.693. The molecule has 1 aliphatic heterocycles. The van der Waals surface area contributed by atoms with Gasteiger partial charge in [0.25, 0.3) is 0 Å². The number of hydrogen-bond donors (Lipinski definition) is 1. The van der Waals surface area contributed by atoms with Crippen LogP contribution in [0.2, 0.25) is 18.1 Å². The van der Waals surface area contributed by atoms with Crippen LogP contribution in [0.1, 0.15) is 34.6 Å². The Bertz CT molecular complexity index is 403. The molecule has 0 aromatic heterocycles. The van der Waals surface area contributed by atoms with Gasteiger partial charge < -0.3 is 19.2 Å². The van der Waals surface area contributed by atoms with Crippen LogP contribution < -0.4 is 5.32 Å². The molecule has 3 atom stereocenters. The third-order valence-corrected chi connectivity index (χ3v) is 8.75. The fourth-order valence-corrected chi connectivity index (χ4v) is 2.91. The van der Waals surface area contributed by atoms with Crippen LogP contribution in [-0.4, -0.2) is 45.9 Å². The van der Waals surface area contributed by atoms with E-state index in [1.807, 2.05) is 19.1 Å². The molecule has 128 valence electrons. The molecule has 0 fully saturated rings. The highest BCUT2D eigenvalue weighted by molar-refractivity contribution is 6.74. The molecule has 5 nitrogen and oxygen atoms in total. The topological polar surface area (TPSA) is 56.8 Å². The van der Waals surface area contributed by atoms with Crippen LogP contribution in [0.15, 0.2) is 12.2 Å². The van der Waals surface area contributed by atoms with Crippen molar-refractivity contribution in [3.63, 3.8) is 0 Å². The van der Waals surface area contributed by atoms with Crippen LogP contribution in [0.25, 0.3) is 0 Å². The van der Waals surface area contributed by atoms with Gasteiger partial charge in [0.15, 0.2) is 14.6 Å². The third kappa shape index (κ3) is 5.50. The van der Waals surface area contributed by atoms with E-state index in [1.54, 1.807) is 0 Å². The van der Waals surface area contributed by atoms with Crippen LogP contribution in [0.4, 0.5) is 0 Å². The fraction of sp³-hybridized carbons (Fsp3) is 0.812. The summed E-state index contributed by atoms with van der Waals surface area (Å²) in [6.07, 6.45) is 3.27. The van der Waals surface area contributed by atoms with E-state index in [4.69, 9.17) is 13.9 Å². The Morgan fingerprint density at radius 1 is 1.32 bits per heavy atom. The molecule has 0 aliphatic carbocycles. The second-order valence-electron chi connectivity index (χ2n) is 7.18. The minimum atomic E-state index is -1.80. The first-order valence-corrected chi connectivity index (χ1v) is 10.8. The van der Waals surface area contributed by atoms with Gasteiger partial charge in [-0.15, -0.1) is 0 Å². The molecule has 0 aromatic carbocycles. The normalized spacial score (nSPS) is 26.0. The summed E-state index contributed by atoms with van der Waals surface area (Å²) in [7, 11) is -1.80. The lowest BCUT2D eigenvalue weighted by molar-refractivity contribution is -0.179. The van der Waals surface area contributed by atoms with E-state index < -0.39 is 14.6 Å². The molecular formula is C16H31NO4Si. The fourth-order valence-electron chi connectivity index (χ4n) is 1.90. The first-order valence-electron chi connectivity index (χ1n) is 7.93. The van der Waals surface area contributed by atoms with E-state index >= 15 is 0 Å². The molecule has 1 N–H and O–H groups in total. The summed E-state index contributed by atoms with van der Waals surface area (Å²) < 4.78 is 17.7. The molecule has 22 heavy (non-hydrogen) atoms. The monoisotopic (exact) mass is 329 g/mol. The van der Waals surface area contributed by atoms with Crippen molar-refractivity contribution < 1.29 is 18.7 Å². The molecular weight excluding hydrogens is 298 g/mol. The van der Waals surface area contributed by atoms with E-state index in [0.717, 1.165) is 0 Å². The van der Waals surface area contributed by atoms with Crippen molar-refractivity contribution in [2.24, 2.45) is 0 Å². The maximum absolute atomic E-state index is 11.2. The van der Waals surface area contributed by atoms with Crippen molar-refractivity contribution in [1.29, 1.82) is 0 Å². The van der Waals surface area contributed by atoms with Gasteiger partial charge in [-0.25, -0.2) is 0 Å². The second kappa shape index (κ2) is 7.72. The molecule has 6 heteroatoms. The van der Waals surface area contributed by atoms with E-state index in [1.165, 1.54) is 6.92 Å². The Kier molecular flexibility index (Phi) is 6.79. The molecule has 0 saturated heterocycles. The number of ether oxygens (including phenoxy) is 2. The van der Waals surface area contributed by atoms with E-state index in [2.05, 4.69) is 39.2 Å². The van der Waals surface area contributed by atoms with Crippen molar-refractivity contribution >= 4 is 14.2 Å². The Balaban J connectivity index is 2.65. The van der Waals surface area contributed by atoms with Gasteiger partial charge in [-0.2, -0.15) is 0 Å². The molecule has 0 radical (unpaired) electrons. The van der Waals surface area contributed by atoms with E-state index in [9.17, 15) is 4.79 Å². The van der Waals surface area contributed by atoms with Gasteiger partial charge in [-0.1, -0.05) is 32.9 Å². The zero-order valence-electron chi connectivity index (χ0n) is 14.9. The van der Waals surface area contributed by atoms with Gasteiger partial charge in [0.1, 0.15) is 6.10 Å². The minimum absolute atomic E-state index is 0.0982. The highest BCUT2D eigenvalue weighted by Gasteiger charge is 2.38. The third-order valence-electron chi connectivity index (χ3n) is 4.25. The van der Waals surface area contributed by atoms with E-state index in [0.29, 0.717) is 13.2 Å². The summed E-state index contributed by atoms with van der Waals surface area (Å²) in [5.74, 6) is -0.0982. The summed E-state index contributed by atoms with van der Waals surface area (Å²) in [4.78, 5) is 11.2. The van der Waals surface area contributed by atoms with Gasteiger partial charge in [0, 0.05) is 13.5 Å². The number of rotatable bonds is 6. The lowest BCUT2D eigenvalue weighted by Crippen LogP contribution is -2.49. The Labute approximate surface area is 135 Å². The first kappa shape index (κ1) is 19.4. The minimum Gasteiger partial charge on any atom is -0.414 e. The zero-order valence-corrected chi connectivity index (χ0v) is 15.9. The quantitative estimate of drug-likeness (QED) is 0.601. The average Bonchev–Trinajstić information content (AvgIpc) is 2.37. The van der Waals surface area contributed by atoms with Crippen molar-refractivity contribution in [3.05, 3.63) is 12.2 Å². The molecule has 1 aliphatic rings. The molecule has 0 saturated carbocycles. The standard InChI is InChI=1S/C16H31NO4Si/c1-8-19-15-14(17-12(2)18)10-9-13(21-15)11-20-22(6,7)16(3,4)5/h9-10,13-15H,8,11H2,1-7H3,(H,17,18)/t13-,14+,15-/m0/s1. The van der Waals surface area contributed by atoms with Crippen molar-refractivity contribution in [2.75, 3.05) is 13.2 Å². The average molecular weight is 330 g/mol. The summed E-state index contributed by atoms with van der Waals surface area (Å²) in [5.41, 5.74) is 0. The maximum atomic E-state index is 11.2. The molecule has 0 aromatic rings. The summed E-state index contributed by atoms with van der Waals surface area (Å²) in [6.45, 7) is 15.5. The number of carbonyl (C=O) groups excluding carboxylic acids is 1. The van der Waals surface area contributed by atoms with E-state index in [-0.39, 0.29) is 23.1 Å². The number of carbonyl (C=O) groups is 1. The SMILES string of the molecule is CCO[C@H]1O[C@H](CO[Si](C)(C)C(C)(C)C)C=C[C@H]1NC(C)=O. The highest BCUT2D eigenvalue weighted by Crippen LogP contribution is 2.36. The molecule has 1 amide bonds. The van der Waals surface area contributed by atoms with Crippen LogP contribution in [0.5, 0.6) is 0 Å². The molecule has 0 bridgehead atoms. The highest BCUT2D eigenvalue weighted by atomic mass is 28.4. The van der Waals surface area contributed by atoms with Gasteiger partial charge in [-0.3, -0.25) is 4.79 Å². The Morgan fingerprint density at radius 3 is 2.45 bits per heavy atom. The van der Waals surface area contributed by atoms with Crippen molar-refractivity contribution in [3.8, 4) is 0 Å². The lowest BCUT2D eigenvalue weighted by atomic mass is 10.1. The summed E-state index contributed by atoms with van der Waals surface area (Å²) in [6, 6.07) is -0.249. The summed E-state index contributed by atoms with van der Waals surface area (Å²) >= 11 is 0. The van der Waals surface area contributed by atoms with Crippen LogP contribution >= 0.6 is 0 Å². The zero-order chi connectivity index (χ0) is 17.0. The van der Waals surface area contributed by atoms with Gasteiger partial charge in [-0.05, 0) is 25.1 Å². The predicted octanol–water partition coefficient (Wildman–Crippen LogP) is 2.83. The van der Waals surface area contributed by atoms with Crippen LogP contribution in [0.3, 0.4) is 0 Å². The Morgan fingerprint density at radius 2 is 1.95 bits per heavy atom. The number of hydrogen-bond acceptors (Lipinski definition) is 4.